The molecule has 0 heterocycles. The quantitative estimate of drug-likeness (QED) is 0.0747. The molecule has 0 saturated heterocycles. The molecule has 0 amide bonds. The van der Waals surface area contributed by atoms with E-state index in [9.17, 15) is 20.2 Å². The van der Waals surface area contributed by atoms with Gasteiger partial charge in [0.2, 0.25) is 0 Å². The third-order valence-corrected chi connectivity index (χ3v) is 11.3. The third kappa shape index (κ3) is 8.52. The van der Waals surface area contributed by atoms with Crippen LogP contribution in [0.4, 0.5) is 11.4 Å². The van der Waals surface area contributed by atoms with Gasteiger partial charge in [0.15, 0.2) is 0 Å². The molecule has 2 aliphatic rings. The summed E-state index contributed by atoms with van der Waals surface area (Å²) in [6.07, 6.45) is 16.9. The van der Waals surface area contributed by atoms with Crippen LogP contribution in [0.15, 0.2) is 97.1 Å². The van der Waals surface area contributed by atoms with Gasteiger partial charge in [-0.15, -0.1) is 0 Å². The highest BCUT2D eigenvalue weighted by atomic mass is 16.6. The summed E-state index contributed by atoms with van der Waals surface area (Å²) in [6, 6.07) is 29.0. The molecule has 0 radical (unpaired) electrons. The van der Waals surface area contributed by atoms with E-state index in [-0.39, 0.29) is 16.8 Å². The highest BCUT2D eigenvalue weighted by molar-refractivity contribution is 5.46. The molecule has 8 heteroatoms. The van der Waals surface area contributed by atoms with Gasteiger partial charge in [0.25, 0.3) is 11.4 Å². The Bertz CT molecular complexity index is 1580. The molecule has 0 unspecified atom stereocenters. The molecule has 0 atom stereocenters. The number of nitro benzene ring substituents is 2. The van der Waals surface area contributed by atoms with Gasteiger partial charge in [-0.1, -0.05) is 76.1 Å². The lowest BCUT2D eigenvalue weighted by Crippen LogP contribution is -2.35. The van der Waals surface area contributed by atoms with Gasteiger partial charge in [-0.25, -0.2) is 0 Å². The second-order valence-electron chi connectivity index (χ2n) is 14.3. The normalized spacial score (nSPS) is 19.1. The number of nitrogens with zero attached hydrogens (tertiary/aromatic N) is 2. The fraction of sp³-hybridized carbons (Fsp3) is 0.429. The van der Waals surface area contributed by atoms with E-state index >= 15 is 0 Å². The van der Waals surface area contributed by atoms with Gasteiger partial charge in [0.1, 0.15) is 23.0 Å². The van der Waals surface area contributed by atoms with Crippen LogP contribution in [0.25, 0.3) is 0 Å². The van der Waals surface area contributed by atoms with E-state index in [0.29, 0.717) is 23.0 Å². The molecule has 2 fully saturated rings. The first kappa shape index (κ1) is 35.1. The Morgan fingerprint density at radius 1 is 0.560 bits per heavy atom. The smallest absolute Gasteiger partial charge is 0.269 e. The largest absolute Gasteiger partial charge is 0.457 e. The van der Waals surface area contributed by atoms with E-state index in [0.717, 1.165) is 30.6 Å². The second-order valence-corrected chi connectivity index (χ2v) is 14.3. The highest BCUT2D eigenvalue weighted by Crippen LogP contribution is 2.51. The topological polar surface area (TPSA) is 105 Å². The molecular weight excluding hydrogens is 628 g/mol. The molecule has 2 saturated carbocycles. The van der Waals surface area contributed by atoms with E-state index in [1.165, 1.54) is 106 Å². The zero-order chi connectivity index (χ0) is 34.9. The molecular formula is C42H48N2O6. The van der Waals surface area contributed by atoms with Crippen molar-refractivity contribution in [2.45, 2.75) is 95.8 Å². The summed E-state index contributed by atoms with van der Waals surface area (Å²) < 4.78 is 12.1. The maximum atomic E-state index is 11.1. The van der Waals surface area contributed by atoms with Crippen molar-refractivity contribution in [3.8, 4) is 23.0 Å². The molecule has 0 aliphatic heterocycles. The van der Waals surface area contributed by atoms with Gasteiger partial charge in [-0.05, 0) is 116 Å². The van der Waals surface area contributed by atoms with Crippen LogP contribution in [0, 0.1) is 38.0 Å². The molecule has 4 aromatic rings. The summed E-state index contributed by atoms with van der Waals surface area (Å²) in [5.74, 6) is 4.99. The summed E-state index contributed by atoms with van der Waals surface area (Å²) in [6.45, 7) is 2.28. The Labute approximate surface area is 295 Å². The van der Waals surface area contributed by atoms with Gasteiger partial charge in [0, 0.05) is 29.7 Å². The molecule has 50 heavy (non-hydrogen) atoms. The Morgan fingerprint density at radius 3 is 1.36 bits per heavy atom. The van der Waals surface area contributed by atoms with Crippen molar-refractivity contribution in [2.75, 3.05) is 0 Å². The SMILES string of the molecule is CCCCCC[C@H]1CC[C@@H](C2CCC(c3ccc(Oc4ccc([N+](=O)[O-])cc4)cc3)(c3ccc(Oc4ccc([N+](=O)[O-])cc4)cc3)CC2)CC1. The zero-order valence-electron chi connectivity index (χ0n) is 29.0. The van der Waals surface area contributed by atoms with Gasteiger partial charge in [0.05, 0.1) is 9.85 Å². The van der Waals surface area contributed by atoms with E-state index in [2.05, 4.69) is 31.2 Å². The van der Waals surface area contributed by atoms with Crippen LogP contribution in [-0.4, -0.2) is 9.85 Å². The van der Waals surface area contributed by atoms with Crippen molar-refractivity contribution in [2.24, 2.45) is 17.8 Å². The first-order chi connectivity index (χ1) is 24.3. The average Bonchev–Trinajstić information content (AvgIpc) is 3.15. The molecule has 0 bridgehead atoms. The summed E-state index contributed by atoms with van der Waals surface area (Å²) in [4.78, 5) is 21.3. The predicted octanol–water partition coefficient (Wildman–Crippen LogP) is 12.3. The Morgan fingerprint density at radius 2 is 0.960 bits per heavy atom. The minimum Gasteiger partial charge on any atom is -0.457 e. The van der Waals surface area contributed by atoms with Crippen molar-refractivity contribution in [3.63, 3.8) is 0 Å². The van der Waals surface area contributed by atoms with Crippen molar-refractivity contribution in [3.05, 3.63) is 128 Å². The van der Waals surface area contributed by atoms with E-state index in [4.69, 9.17) is 9.47 Å². The van der Waals surface area contributed by atoms with Crippen LogP contribution < -0.4 is 9.47 Å². The predicted molar refractivity (Wildman–Crippen MR) is 196 cm³/mol. The summed E-state index contributed by atoms with van der Waals surface area (Å²) in [5.41, 5.74) is 2.43. The molecule has 0 aromatic heterocycles. The number of unbranched alkanes of at least 4 members (excludes halogenated alkanes) is 3. The monoisotopic (exact) mass is 676 g/mol. The van der Waals surface area contributed by atoms with Crippen molar-refractivity contribution in [1.29, 1.82) is 0 Å². The zero-order valence-corrected chi connectivity index (χ0v) is 29.0. The molecule has 2 aliphatic carbocycles. The highest BCUT2D eigenvalue weighted by Gasteiger charge is 2.41. The first-order valence-electron chi connectivity index (χ1n) is 18.4. The number of rotatable bonds is 14. The van der Waals surface area contributed by atoms with Gasteiger partial charge in [-0.3, -0.25) is 20.2 Å². The summed E-state index contributed by atoms with van der Waals surface area (Å²) in [5, 5.41) is 22.1. The Kier molecular flexibility index (Phi) is 11.5. The first-order valence-corrected chi connectivity index (χ1v) is 18.4. The Hall–Kier alpha value is -4.72. The van der Waals surface area contributed by atoms with Crippen LogP contribution in [-0.2, 0) is 5.41 Å². The minimum absolute atomic E-state index is 0.0323. The molecule has 6 rings (SSSR count). The van der Waals surface area contributed by atoms with Crippen LogP contribution in [0.5, 0.6) is 23.0 Å². The van der Waals surface area contributed by atoms with Crippen molar-refractivity contribution < 1.29 is 19.3 Å². The molecule has 4 aromatic carbocycles. The molecule has 0 spiro atoms. The molecule has 262 valence electrons. The second kappa shape index (κ2) is 16.3. The number of benzene rings is 4. The third-order valence-electron chi connectivity index (χ3n) is 11.3. The van der Waals surface area contributed by atoms with Crippen LogP contribution in [0.2, 0.25) is 0 Å². The van der Waals surface area contributed by atoms with Gasteiger partial charge < -0.3 is 9.47 Å². The lowest BCUT2D eigenvalue weighted by atomic mass is 9.60. The summed E-state index contributed by atoms with van der Waals surface area (Å²) in [7, 11) is 0. The lowest BCUT2D eigenvalue weighted by Gasteiger charge is -2.44. The maximum Gasteiger partial charge on any atom is 0.269 e. The van der Waals surface area contributed by atoms with E-state index < -0.39 is 9.85 Å². The summed E-state index contributed by atoms with van der Waals surface area (Å²) >= 11 is 0. The number of ether oxygens (including phenoxy) is 2. The van der Waals surface area contributed by atoms with Crippen LogP contribution in [0.1, 0.15) is 102 Å². The van der Waals surface area contributed by atoms with Crippen molar-refractivity contribution in [1.82, 2.24) is 0 Å². The van der Waals surface area contributed by atoms with Crippen LogP contribution >= 0.6 is 0 Å². The molecule has 8 nitrogen and oxygen atoms in total. The Balaban J connectivity index is 1.17. The van der Waals surface area contributed by atoms with Gasteiger partial charge in [-0.2, -0.15) is 0 Å². The molecule has 0 N–H and O–H groups in total. The number of hydrogen-bond donors (Lipinski definition) is 0. The fourth-order valence-corrected chi connectivity index (χ4v) is 8.38. The number of nitro groups is 2. The van der Waals surface area contributed by atoms with Crippen LogP contribution in [0.3, 0.4) is 0 Å². The number of non-ortho nitro benzene ring substituents is 2. The number of hydrogen-bond acceptors (Lipinski definition) is 6. The average molecular weight is 677 g/mol. The van der Waals surface area contributed by atoms with E-state index in [1.54, 1.807) is 24.3 Å². The minimum atomic E-state index is -0.415. The van der Waals surface area contributed by atoms with Crippen molar-refractivity contribution >= 4 is 11.4 Å². The maximum absolute atomic E-state index is 11.1. The fourth-order valence-electron chi connectivity index (χ4n) is 8.38. The lowest BCUT2D eigenvalue weighted by molar-refractivity contribution is -0.385. The van der Waals surface area contributed by atoms with E-state index in [1.807, 2.05) is 24.3 Å². The van der Waals surface area contributed by atoms with Gasteiger partial charge >= 0.3 is 0 Å². The standard InChI is InChI=1S/C42H48N2O6/c1-2-3-4-5-6-31-7-9-32(10-8-31)33-27-29-42(30-28-33,34-11-19-38(20-12-34)49-40-23-15-36(16-24-40)43(45)46)35-13-21-39(22-14-35)50-41-25-17-37(18-26-41)44(47)48/h11-26,31-33H,2-10,27-30H2,1H3/t31-,32+.